The third kappa shape index (κ3) is 3.82. The van der Waals surface area contributed by atoms with Crippen LogP contribution in [0.15, 0.2) is 53.7 Å². The molecule has 0 spiro atoms. The van der Waals surface area contributed by atoms with Gasteiger partial charge in [-0.25, -0.2) is 4.39 Å². The van der Waals surface area contributed by atoms with Crippen molar-refractivity contribution in [2.45, 2.75) is 35.4 Å². The zero-order valence-electron chi connectivity index (χ0n) is 12.4. The second-order valence-corrected chi connectivity index (χ2v) is 7.33. The molecule has 3 unspecified atom stereocenters. The van der Waals surface area contributed by atoms with Crippen LogP contribution in [-0.4, -0.2) is 26.4 Å². The SMILES string of the molecule is O=C(NC1CCC(S(=O)c2ccc(F)cc2)C1)c1ccncc1. The first-order chi connectivity index (χ1) is 11.1. The molecule has 1 saturated carbocycles. The van der Waals surface area contributed by atoms with Gasteiger partial charge in [-0.2, -0.15) is 0 Å². The molecule has 1 aliphatic rings. The predicted molar refractivity (Wildman–Crippen MR) is 85.9 cm³/mol. The van der Waals surface area contributed by atoms with Crippen LogP contribution in [-0.2, 0) is 10.8 Å². The van der Waals surface area contributed by atoms with Crippen molar-refractivity contribution in [2.75, 3.05) is 0 Å². The number of nitrogens with zero attached hydrogens (tertiary/aromatic N) is 1. The Morgan fingerprint density at radius 2 is 1.83 bits per heavy atom. The molecular weight excluding hydrogens is 315 g/mol. The van der Waals surface area contributed by atoms with E-state index in [1.165, 1.54) is 12.1 Å². The fraction of sp³-hybridized carbons (Fsp3) is 0.294. The number of halogens is 1. The van der Waals surface area contributed by atoms with Crippen LogP contribution in [0.25, 0.3) is 0 Å². The summed E-state index contributed by atoms with van der Waals surface area (Å²) in [6.07, 6.45) is 5.41. The molecule has 1 aromatic carbocycles. The van der Waals surface area contributed by atoms with Gasteiger partial charge in [0.05, 0.1) is 10.8 Å². The molecule has 120 valence electrons. The molecule has 1 amide bonds. The Labute approximate surface area is 136 Å². The standard InChI is InChI=1S/C17H17FN2O2S/c18-13-1-4-15(5-2-13)23(22)16-6-3-14(11-16)20-17(21)12-7-9-19-10-8-12/h1-2,4-5,7-10,14,16H,3,6,11H2,(H,20,21). The van der Waals surface area contributed by atoms with Gasteiger partial charge >= 0.3 is 0 Å². The van der Waals surface area contributed by atoms with Crippen LogP contribution < -0.4 is 5.32 Å². The lowest BCUT2D eigenvalue weighted by Crippen LogP contribution is -2.33. The normalized spacial score (nSPS) is 21.8. The van der Waals surface area contributed by atoms with Crippen molar-refractivity contribution in [3.8, 4) is 0 Å². The van der Waals surface area contributed by atoms with Crippen molar-refractivity contribution in [3.63, 3.8) is 0 Å². The van der Waals surface area contributed by atoms with Gasteiger partial charge in [0, 0.05) is 34.1 Å². The van der Waals surface area contributed by atoms with Gasteiger partial charge in [-0.15, -0.1) is 0 Å². The number of hydrogen-bond donors (Lipinski definition) is 1. The molecule has 0 saturated heterocycles. The third-order valence-electron chi connectivity index (χ3n) is 4.01. The quantitative estimate of drug-likeness (QED) is 0.936. The van der Waals surface area contributed by atoms with Gasteiger partial charge in [-0.3, -0.25) is 14.0 Å². The maximum absolute atomic E-state index is 12.9. The van der Waals surface area contributed by atoms with Gasteiger partial charge in [-0.05, 0) is 55.7 Å². The number of aromatic nitrogens is 1. The maximum Gasteiger partial charge on any atom is 0.251 e. The van der Waals surface area contributed by atoms with E-state index in [4.69, 9.17) is 0 Å². The summed E-state index contributed by atoms with van der Waals surface area (Å²) in [7, 11) is -1.17. The van der Waals surface area contributed by atoms with E-state index >= 15 is 0 Å². The van der Waals surface area contributed by atoms with Crippen LogP contribution in [0.3, 0.4) is 0 Å². The van der Waals surface area contributed by atoms with E-state index < -0.39 is 10.8 Å². The number of benzene rings is 1. The number of amides is 1. The van der Waals surface area contributed by atoms with Gasteiger partial charge in [0.1, 0.15) is 5.82 Å². The van der Waals surface area contributed by atoms with E-state index in [2.05, 4.69) is 10.3 Å². The summed E-state index contributed by atoms with van der Waals surface area (Å²) in [5.41, 5.74) is 0.572. The molecule has 23 heavy (non-hydrogen) atoms. The molecular formula is C17H17FN2O2S. The molecule has 1 heterocycles. The number of rotatable bonds is 4. The van der Waals surface area contributed by atoms with E-state index in [0.717, 1.165) is 12.8 Å². The summed E-state index contributed by atoms with van der Waals surface area (Å²) in [5.74, 6) is -0.467. The molecule has 2 aromatic rings. The van der Waals surface area contributed by atoms with Crippen LogP contribution in [0.4, 0.5) is 4.39 Å². The van der Waals surface area contributed by atoms with Crippen LogP contribution in [0.5, 0.6) is 0 Å². The average Bonchev–Trinajstić information content (AvgIpc) is 3.04. The van der Waals surface area contributed by atoms with Crippen molar-refractivity contribution >= 4 is 16.7 Å². The minimum absolute atomic E-state index is 0.0109. The molecule has 1 N–H and O–H groups in total. The third-order valence-corrected chi connectivity index (χ3v) is 5.78. The number of carbonyl (C=O) groups excluding carboxylic acids is 1. The highest BCUT2D eigenvalue weighted by Crippen LogP contribution is 2.27. The highest BCUT2D eigenvalue weighted by molar-refractivity contribution is 7.85. The molecule has 1 aliphatic carbocycles. The second kappa shape index (κ2) is 7.00. The first-order valence-electron chi connectivity index (χ1n) is 7.50. The number of nitrogens with one attached hydrogen (secondary N) is 1. The largest absolute Gasteiger partial charge is 0.349 e. The highest BCUT2D eigenvalue weighted by atomic mass is 32.2. The second-order valence-electron chi connectivity index (χ2n) is 5.59. The van der Waals surface area contributed by atoms with Crippen molar-refractivity contribution in [1.82, 2.24) is 10.3 Å². The summed E-state index contributed by atoms with van der Waals surface area (Å²) in [6.45, 7) is 0. The molecule has 0 bridgehead atoms. The summed E-state index contributed by atoms with van der Waals surface area (Å²) in [6, 6.07) is 9.13. The molecule has 3 rings (SSSR count). The molecule has 1 fully saturated rings. The summed E-state index contributed by atoms with van der Waals surface area (Å²) >= 11 is 0. The average molecular weight is 332 g/mol. The van der Waals surface area contributed by atoms with E-state index in [1.807, 2.05) is 0 Å². The van der Waals surface area contributed by atoms with Crippen LogP contribution in [0.2, 0.25) is 0 Å². The van der Waals surface area contributed by atoms with E-state index in [0.29, 0.717) is 16.9 Å². The minimum Gasteiger partial charge on any atom is -0.349 e. The number of carbonyl (C=O) groups is 1. The Bertz CT molecular complexity index is 706. The summed E-state index contributed by atoms with van der Waals surface area (Å²) in [4.78, 5) is 16.7. The van der Waals surface area contributed by atoms with E-state index in [-0.39, 0.29) is 23.0 Å². The lowest BCUT2D eigenvalue weighted by molar-refractivity contribution is 0.0938. The van der Waals surface area contributed by atoms with E-state index in [9.17, 15) is 13.4 Å². The number of pyridine rings is 1. The molecule has 1 aromatic heterocycles. The maximum atomic E-state index is 12.9. The monoisotopic (exact) mass is 332 g/mol. The van der Waals surface area contributed by atoms with Gasteiger partial charge in [0.15, 0.2) is 0 Å². The minimum atomic E-state index is -1.17. The van der Waals surface area contributed by atoms with Crippen molar-refractivity contribution in [2.24, 2.45) is 0 Å². The molecule has 0 aliphatic heterocycles. The van der Waals surface area contributed by atoms with Crippen molar-refractivity contribution in [1.29, 1.82) is 0 Å². The predicted octanol–water partition coefficient (Wildman–Crippen LogP) is 2.68. The smallest absolute Gasteiger partial charge is 0.251 e. The Morgan fingerprint density at radius 1 is 1.13 bits per heavy atom. The fourth-order valence-electron chi connectivity index (χ4n) is 2.80. The lowest BCUT2D eigenvalue weighted by atomic mass is 10.2. The van der Waals surface area contributed by atoms with Crippen molar-refractivity contribution in [3.05, 3.63) is 60.2 Å². The Kier molecular flexibility index (Phi) is 4.81. The zero-order chi connectivity index (χ0) is 16.2. The molecule has 4 nitrogen and oxygen atoms in total. The number of hydrogen-bond acceptors (Lipinski definition) is 3. The molecule has 3 atom stereocenters. The molecule has 0 radical (unpaired) electrons. The zero-order valence-corrected chi connectivity index (χ0v) is 13.3. The fourth-order valence-corrected chi connectivity index (χ4v) is 4.35. The first-order valence-corrected chi connectivity index (χ1v) is 8.72. The summed E-state index contributed by atoms with van der Waals surface area (Å²) < 4.78 is 25.5. The van der Waals surface area contributed by atoms with Gasteiger partial charge in [0.25, 0.3) is 5.91 Å². The highest BCUT2D eigenvalue weighted by Gasteiger charge is 2.30. The summed E-state index contributed by atoms with van der Waals surface area (Å²) in [5, 5.41) is 2.97. The lowest BCUT2D eigenvalue weighted by Gasteiger charge is -2.13. The molecule has 6 heteroatoms. The Morgan fingerprint density at radius 3 is 2.52 bits per heavy atom. The van der Waals surface area contributed by atoms with Crippen LogP contribution >= 0.6 is 0 Å². The van der Waals surface area contributed by atoms with Gasteiger partial charge in [0.2, 0.25) is 0 Å². The van der Waals surface area contributed by atoms with Gasteiger partial charge in [-0.1, -0.05) is 0 Å². The Hall–Kier alpha value is -2.08. The Balaban J connectivity index is 1.59. The first kappa shape index (κ1) is 15.8. The van der Waals surface area contributed by atoms with Gasteiger partial charge < -0.3 is 5.32 Å². The topological polar surface area (TPSA) is 59.1 Å². The van der Waals surface area contributed by atoms with Crippen molar-refractivity contribution < 1.29 is 13.4 Å². The van der Waals surface area contributed by atoms with Crippen LogP contribution in [0.1, 0.15) is 29.6 Å². The van der Waals surface area contributed by atoms with Crippen LogP contribution in [0, 0.1) is 5.82 Å². The van der Waals surface area contributed by atoms with E-state index in [1.54, 1.807) is 36.7 Å².